The third-order valence-corrected chi connectivity index (χ3v) is 13.6. The van der Waals surface area contributed by atoms with Crippen molar-refractivity contribution in [2.24, 2.45) is 0 Å². The van der Waals surface area contributed by atoms with Gasteiger partial charge in [0.25, 0.3) is 8.32 Å². The van der Waals surface area contributed by atoms with E-state index in [2.05, 4.69) is 119 Å². The molecule has 7 nitrogen and oxygen atoms in total. The summed E-state index contributed by atoms with van der Waals surface area (Å²) in [4.78, 5) is 12.9. The monoisotopic (exact) mass is 598 g/mol. The fourth-order valence-corrected chi connectivity index (χ4v) is 11.2. The minimum Gasteiger partial charge on any atom is -0.404 e. The Morgan fingerprint density at radius 2 is 1.51 bits per heavy atom. The van der Waals surface area contributed by atoms with E-state index < -0.39 is 8.32 Å². The van der Waals surface area contributed by atoms with Crippen molar-refractivity contribution in [2.75, 3.05) is 5.32 Å². The Bertz CT molecular complexity index is 1470. The van der Waals surface area contributed by atoms with Crippen molar-refractivity contribution in [1.82, 2.24) is 14.9 Å². The van der Waals surface area contributed by atoms with Crippen LogP contribution in [-0.2, 0) is 21.2 Å². The summed E-state index contributed by atoms with van der Waals surface area (Å²) >= 11 is 0. The van der Waals surface area contributed by atoms with Crippen molar-refractivity contribution in [3.05, 3.63) is 89.9 Å². The largest absolute Gasteiger partial charge is 0.404 e. The van der Waals surface area contributed by atoms with Crippen LogP contribution < -0.4 is 15.7 Å². The Balaban J connectivity index is 1.34. The summed E-state index contributed by atoms with van der Waals surface area (Å²) in [7, 11) is -2.60. The van der Waals surface area contributed by atoms with Crippen molar-refractivity contribution in [3.63, 3.8) is 0 Å². The number of carbonyl (C=O) groups excluding carboxylic acids is 1. The van der Waals surface area contributed by atoms with Gasteiger partial charge in [0, 0.05) is 24.2 Å². The van der Waals surface area contributed by atoms with Crippen LogP contribution in [0.15, 0.2) is 77.3 Å². The van der Waals surface area contributed by atoms with Gasteiger partial charge in [-0.3, -0.25) is 4.79 Å². The number of nitrogens with zero attached hydrogens (tertiary/aromatic N) is 3. The highest BCUT2D eigenvalue weighted by atomic mass is 28.4. The molecule has 0 radical (unpaired) electrons. The Morgan fingerprint density at radius 3 is 2.00 bits per heavy atom. The summed E-state index contributed by atoms with van der Waals surface area (Å²) in [6.07, 6.45) is 4.25. The van der Waals surface area contributed by atoms with Gasteiger partial charge >= 0.3 is 0 Å². The molecule has 0 unspecified atom stereocenters. The van der Waals surface area contributed by atoms with Gasteiger partial charge in [-0.05, 0) is 68.8 Å². The van der Waals surface area contributed by atoms with Crippen LogP contribution in [0.3, 0.4) is 0 Å². The minimum absolute atomic E-state index is 0.0461. The van der Waals surface area contributed by atoms with Crippen LogP contribution in [0.2, 0.25) is 5.04 Å². The number of aryl methyl sites for hydroxylation is 1. The Kier molecular flexibility index (Phi) is 8.81. The zero-order valence-corrected chi connectivity index (χ0v) is 27.7. The molecule has 228 valence electrons. The highest BCUT2D eigenvalue weighted by molar-refractivity contribution is 6.99. The van der Waals surface area contributed by atoms with Crippen molar-refractivity contribution >= 4 is 30.4 Å². The zero-order chi connectivity index (χ0) is 30.8. The number of carbonyl (C=O) groups is 1. The van der Waals surface area contributed by atoms with Crippen LogP contribution in [-0.4, -0.2) is 35.3 Å². The molecule has 2 aromatic carbocycles. The minimum atomic E-state index is -2.60. The predicted octanol–water partition coefficient (Wildman–Crippen LogP) is 6.72. The van der Waals surface area contributed by atoms with E-state index in [0.29, 0.717) is 11.7 Å². The van der Waals surface area contributed by atoms with Gasteiger partial charge in [0.15, 0.2) is 0 Å². The maximum atomic E-state index is 12.9. The van der Waals surface area contributed by atoms with Crippen LogP contribution in [0.5, 0.6) is 0 Å². The quantitative estimate of drug-likeness (QED) is 0.228. The van der Waals surface area contributed by atoms with E-state index in [0.717, 1.165) is 42.9 Å². The lowest BCUT2D eigenvalue weighted by atomic mass is 9.85. The summed E-state index contributed by atoms with van der Waals surface area (Å²) in [5.41, 5.74) is 1.51. The average Bonchev–Trinajstić information content (AvgIpc) is 3.58. The Morgan fingerprint density at radius 1 is 0.930 bits per heavy atom. The van der Waals surface area contributed by atoms with Gasteiger partial charge in [0.2, 0.25) is 5.91 Å². The lowest BCUT2D eigenvalue weighted by Crippen LogP contribution is -2.67. The molecule has 5 rings (SSSR count). The molecule has 0 atom stereocenters. The molecule has 0 spiro atoms. The molecule has 1 amide bonds. The number of rotatable bonds is 8. The fraction of sp³-hybridized carbons (Fsp3) is 0.457. The molecule has 0 saturated heterocycles. The zero-order valence-electron chi connectivity index (χ0n) is 26.7. The van der Waals surface area contributed by atoms with E-state index in [4.69, 9.17) is 14.0 Å². The first-order chi connectivity index (χ1) is 20.4. The highest BCUT2D eigenvalue weighted by Gasteiger charge is 2.51. The molecule has 0 aliphatic heterocycles. The molecule has 1 aliphatic carbocycles. The lowest BCUT2D eigenvalue weighted by Gasteiger charge is -2.46. The van der Waals surface area contributed by atoms with Crippen LogP contribution in [0.1, 0.15) is 90.3 Å². The third-order valence-electron chi connectivity index (χ3n) is 8.50. The third kappa shape index (κ3) is 6.70. The molecule has 4 aromatic rings. The molecule has 1 saturated carbocycles. The second-order valence-corrected chi connectivity index (χ2v) is 18.2. The first-order valence-corrected chi connectivity index (χ1v) is 17.4. The molecule has 1 fully saturated rings. The number of anilines is 1. The molecule has 2 aromatic heterocycles. The summed E-state index contributed by atoms with van der Waals surface area (Å²) in [5.74, 6) is 1.44. The normalized spacial score (nSPS) is 18.0. The van der Waals surface area contributed by atoms with E-state index in [1.807, 2.05) is 11.6 Å². The summed E-state index contributed by atoms with van der Waals surface area (Å²) < 4.78 is 14.6. The van der Waals surface area contributed by atoms with Crippen LogP contribution in [0, 0.1) is 6.92 Å². The Hall–Kier alpha value is -3.49. The van der Waals surface area contributed by atoms with Gasteiger partial charge in [-0.15, -0.1) is 0 Å². The van der Waals surface area contributed by atoms with E-state index in [9.17, 15) is 4.79 Å². The van der Waals surface area contributed by atoms with Gasteiger partial charge in [-0.1, -0.05) is 86.6 Å². The first-order valence-electron chi connectivity index (χ1n) is 15.5. The van der Waals surface area contributed by atoms with E-state index >= 15 is 0 Å². The van der Waals surface area contributed by atoms with Crippen molar-refractivity contribution in [1.29, 1.82) is 0 Å². The van der Waals surface area contributed by atoms with Gasteiger partial charge < -0.3 is 14.3 Å². The number of nitrogens with one attached hydrogen (secondary N) is 1. The second kappa shape index (κ2) is 12.2. The Labute approximate surface area is 257 Å². The molecular weight excluding hydrogens is 552 g/mol. The molecule has 0 bridgehead atoms. The van der Waals surface area contributed by atoms with Gasteiger partial charge in [-0.2, -0.15) is 5.10 Å². The number of amides is 1. The van der Waals surface area contributed by atoms with E-state index in [1.54, 1.807) is 6.07 Å². The number of hydrogen-bond acceptors (Lipinski definition) is 5. The SMILES string of the molecule is Cc1cc(CC(=O)Nc2cc([C@H]3CC[C@@H](O[Si](c4ccccc4)(c4ccccc4)C(C)(C)C)CC3)nn2C(C)(C)C)on1. The first kappa shape index (κ1) is 30.9. The van der Waals surface area contributed by atoms with Gasteiger partial charge in [0.05, 0.1) is 23.3 Å². The summed E-state index contributed by atoms with van der Waals surface area (Å²) in [5, 5.41) is 14.6. The van der Waals surface area contributed by atoms with Gasteiger partial charge in [-0.25, -0.2) is 4.68 Å². The van der Waals surface area contributed by atoms with E-state index in [-0.39, 0.29) is 29.0 Å². The maximum Gasteiger partial charge on any atom is 0.261 e. The number of aromatic nitrogens is 3. The van der Waals surface area contributed by atoms with Crippen molar-refractivity contribution in [3.8, 4) is 0 Å². The average molecular weight is 599 g/mol. The van der Waals surface area contributed by atoms with Gasteiger partial charge in [0.1, 0.15) is 11.6 Å². The number of benzene rings is 2. The smallest absolute Gasteiger partial charge is 0.261 e. The van der Waals surface area contributed by atoms with E-state index in [1.165, 1.54) is 10.4 Å². The van der Waals surface area contributed by atoms with Crippen LogP contribution >= 0.6 is 0 Å². The molecule has 2 heterocycles. The predicted molar refractivity (Wildman–Crippen MR) is 174 cm³/mol. The standard InChI is InChI=1S/C35H46N4O3Si/c1-25-22-28(41-38-25)23-33(40)36-32-24-31(37-39(32)34(2,3)4)26-18-20-27(21-19-26)42-43(35(5,6)7,29-14-10-8-11-15-29)30-16-12-9-13-17-30/h8-17,22,24,26-27H,18-21,23H2,1-7H3,(H,36,40)/t26-,27+. The molecule has 8 heteroatoms. The summed E-state index contributed by atoms with van der Waals surface area (Å²) in [6, 6.07) is 25.6. The second-order valence-electron chi connectivity index (χ2n) is 14.0. The fourth-order valence-electron chi connectivity index (χ4n) is 6.46. The molecular formula is C35H46N4O3Si. The van der Waals surface area contributed by atoms with Crippen LogP contribution in [0.25, 0.3) is 0 Å². The lowest BCUT2D eigenvalue weighted by molar-refractivity contribution is -0.115. The maximum absolute atomic E-state index is 12.9. The van der Waals surface area contributed by atoms with Crippen molar-refractivity contribution < 1.29 is 13.7 Å². The molecule has 1 N–H and O–H groups in total. The summed E-state index contributed by atoms with van der Waals surface area (Å²) in [6.45, 7) is 15.2. The van der Waals surface area contributed by atoms with Crippen LogP contribution in [0.4, 0.5) is 5.82 Å². The van der Waals surface area contributed by atoms with Crippen molar-refractivity contribution in [2.45, 2.75) is 103 Å². The highest BCUT2D eigenvalue weighted by Crippen LogP contribution is 2.41. The number of hydrogen-bond donors (Lipinski definition) is 1. The molecule has 1 aliphatic rings. The molecule has 43 heavy (non-hydrogen) atoms. The topological polar surface area (TPSA) is 82.2 Å².